The fourth-order valence-electron chi connectivity index (χ4n) is 3.53. The van der Waals surface area contributed by atoms with Gasteiger partial charge in [0.15, 0.2) is 5.60 Å². The number of carboxylic acids is 1. The number of carboxylic acid groups (broad SMARTS) is 1. The number of tetrazole rings is 1. The van der Waals surface area contributed by atoms with Gasteiger partial charge in [0.25, 0.3) is 0 Å². The van der Waals surface area contributed by atoms with Crippen molar-refractivity contribution in [1.29, 1.82) is 0 Å². The first kappa shape index (κ1) is 26.5. The SMILES string of the molecule is O=C(O)C(F)(F)Oc1ccc(-c2ccc(C(F)(F)C(O)(Cn3cnnn3)c3ccc(F)cc3F)nc2)cc1. The number of ether oxygens (including phenoxy) is 1. The summed E-state index contributed by atoms with van der Waals surface area (Å²) in [6.45, 7) is -1.03. The van der Waals surface area contributed by atoms with Crippen LogP contribution < -0.4 is 4.74 Å². The Balaban J connectivity index is 1.66. The number of aliphatic carboxylic acids is 1. The van der Waals surface area contributed by atoms with Crippen LogP contribution in [-0.4, -0.2) is 47.5 Å². The second-order valence-corrected chi connectivity index (χ2v) is 7.95. The number of aliphatic hydroxyl groups is 1. The number of hydrogen-bond donors (Lipinski definition) is 2. The standard InChI is InChI=1S/C23H15F6N5O4/c24-15-4-7-17(18(25)9-15)21(37,11-34-12-31-32-33-34)22(26,27)19-8-3-14(10-30-19)13-1-5-16(6-2-13)38-23(28,29)20(35)36/h1-10,12,37H,11H2,(H,35,36). The molecule has 9 nitrogen and oxygen atoms in total. The highest BCUT2D eigenvalue weighted by molar-refractivity contribution is 5.74. The van der Waals surface area contributed by atoms with Crippen LogP contribution in [0.3, 0.4) is 0 Å². The molecule has 198 valence electrons. The van der Waals surface area contributed by atoms with Crippen LogP contribution in [0.2, 0.25) is 0 Å². The van der Waals surface area contributed by atoms with Gasteiger partial charge in [-0.05, 0) is 46.3 Å². The number of halogens is 6. The molecule has 1 unspecified atom stereocenters. The molecule has 0 radical (unpaired) electrons. The van der Waals surface area contributed by atoms with E-state index in [4.69, 9.17) is 5.11 Å². The van der Waals surface area contributed by atoms with E-state index in [9.17, 15) is 27.5 Å². The van der Waals surface area contributed by atoms with Crippen molar-refractivity contribution in [2.75, 3.05) is 0 Å². The zero-order valence-corrected chi connectivity index (χ0v) is 18.8. The van der Waals surface area contributed by atoms with Gasteiger partial charge < -0.3 is 14.9 Å². The summed E-state index contributed by atoms with van der Waals surface area (Å²) < 4.78 is 90.9. The van der Waals surface area contributed by atoms with Crippen LogP contribution in [0.4, 0.5) is 26.3 Å². The zero-order chi connectivity index (χ0) is 27.7. The van der Waals surface area contributed by atoms with Crippen molar-refractivity contribution >= 4 is 5.97 Å². The van der Waals surface area contributed by atoms with Crippen molar-refractivity contribution in [3.63, 3.8) is 0 Å². The minimum atomic E-state index is -4.46. The van der Waals surface area contributed by atoms with E-state index in [1.807, 2.05) is 0 Å². The minimum absolute atomic E-state index is 0.234. The number of hydrogen-bond acceptors (Lipinski definition) is 7. The lowest BCUT2D eigenvalue weighted by Gasteiger charge is -2.35. The molecule has 4 rings (SSSR count). The molecule has 2 aromatic carbocycles. The van der Waals surface area contributed by atoms with Gasteiger partial charge in [-0.1, -0.05) is 18.2 Å². The Kier molecular flexibility index (Phi) is 6.80. The van der Waals surface area contributed by atoms with Crippen molar-refractivity contribution in [3.8, 4) is 16.9 Å². The molecule has 38 heavy (non-hydrogen) atoms. The minimum Gasteiger partial charge on any atom is -0.474 e. The van der Waals surface area contributed by atoms with E-state index in [0.717, 1.165) is 35.4 Å². The number of nitrogens with zero attached hydrogens (tertiary/aromatic N) is 5. The van der Waals surface area contributed by atoms with Gasteiger partial charge in [0.2, 0.25) is 0 Å². The first-order chi connectivity index (χ1) is 17.8. The number of rotatable bonds is 9. The van der Waals surface area contributed by atoms with Crippen molar-refractivity contribution in [1.82, 2.24) is 25.2 Å². The Bertz CT molecular complexity index is 1440. The molecule has 0 amide bonds. The number of aromatic nitrogens is 5. The smallest absolute Gasteiger partial charge is 0.474 e. The van der Waals surface area contributed by atoms with E-state index in [1.165, 1.54) is 18.2 Å². The maximum absolute atomic E-state index is 15.8. The second-order valence-electron chi connectivity index (χ2n) is 7.95. The van der Waals surface area contributed by atoms with Gasteiger partial charge >= 0.3 is 18.0 Å². The maximum Gasteiger partial charge on any atom is 0.501 e. The molecule has 2 aromatic heterocycles. The summed E-state index contributed by atoms with van der Waals surface area (Å²) >= 11 is 0. The van der Waals surface area contributed by atoms with E-state index < -0.39 is 58.8 Å². The Hall–Kier alpha value is -4.53. The summed E-state index contributed by atoms with van der Waals surface area (Å²) in [5.41, 5.74) is -4.69. The molecule has 2 N–H and O–H groups in total. The summed E-state index contributed by atoms with van der Waals surface area (Å²) in [6, 6.07) is 8.33. The van der Waals surface area contributed by atoms with E-state index in [1.54, 1.807) is 0 Å². The molecule has 0 bridgehead atoms. The third-order valence-electron chi connectivity index (χ3n) is 5.45. The lowest BCUT2D eigenvalue weighted by molar-refractivity contribution is -0.210. The monoisotopic (exact) mass is 539 g/mol. The van der Waals surface area contributed by atoms with Crippen molar-refractivity contribution in [2.45, 2.75) is 24.2 Å². The summed E-state index contributed by atoms with van der Waals surface area (Å²) in [6.07, 6.45) is -2.55. The average molecular weight is 539 g/mol. The number of alkyl halides is 4. The van der Waals surface area contributed by atoms with E-state index in [0.29, 0.717) is 23.8 Å². The summed E-state index contributed by atoms with van der Waals surface area (Å²) in [5.74, 6) is -9.71. The first-order valence-electron chi connectivity index (χ1n) is 10.5. The third-order valence-corrected chi connectivity index (χ3v) is 5.45. The second kappa shape index (κ2) is 9.74. The lowest BCUT2D eigenvalue weighted by atomic mass is 9.84. The van der Waals surface area contributed by atoms with Crippen LogP contribution in [0.1, 0.15) is 11.3 Å². The fourth-order valence-corrected chi connectivity index (χ4v) is 3.53. The molecule has 1 atom stereocenters. The van der Waals surface area contributed by atoms with Crippen molar-refractivity contribution in [3.05, 3.63) is 90.0 Å². The van der Waals surface area contributed by atoms with Crippen LogP contribution in [0, 0.1) is 11.6 Å². The third kappa shape index (κ3) is 5.00. The van der Waals surface area contributed by atoms with Gasteiger partial charge in [0.1, 0.15) is 29.4 Å². The van der Waals surface area contributed by atoms with Gasteiger partial charge in [0, 0.05) is 23.4 Å². The molecule has 0 spiro atoms. The van der Waals surface area contributed by atoms with Crippen LogP contribution in [-0.2, 0) is 22.9 Å². The molecule has 0 saturated heterocycles. The van der Waals surface area contributed by atoms with E-state index in [2.05, 4.69) is 25.2 Å². The number of carbonyl (C=O) groups is 1. The maximum atomic E-state index is 15.8. The molecular weight excluding hydrogens is 524 g/mol. The Morgan fingerprint density at radius 2 is 1.66 bits per heavy atom. The van der Waals surface area contributed by atoms with Gasteiger partial charge in [-0.25, -0.2) is 18.3 Å². The topological polar surface area (TPSA) is 123 Å². The number of pyridine rings is 1. The molecule has 0 aliphatic carbocycles. The van der Waals surface area contributed by atoms with Crippen LogP contribution >= 0.6 is 0 Å². The van der Waals surface area contributed by atoms with Gasteiger partial charge in [0.05, 0.1) is 6.54 Å². The summed E-state index contributed by atoms with van der Waals surface area (Å²) in [7, 11) is 0. The van der Waals surface area contributed by atoms with Gasteiger partial charge in [-0.15, -0.1) is 5.10 Å². The van der Waals surface area contributed by atoms with Crippen LogP contribution in [0.5, 0.6) is 5.75 Å². The largest absolute Gasteiger partial charge is 0.501 e. The first-order valence-corrected chi connectivity index (χ1v) is 10.5. The predicted octanol–water partition coefficient (Wildman–Crippen LogP) is 3.75. The van der Waals surface area contributed by atoms with Crippen LogP contribution in [0.15, 0.2) is 67.1 Å². The Labute approximate surface area is 208 Å². The lowest BCUT2D eigenvalue weighted by Crippen LogP contribution is -2.48. The molecular formula is C23H15F6N5O4. The van der Waals surface area contributed by atoms with E-state index in [-0.39, 0.29) is 5.56 Å². The fraction of sp³-hybridized carbons (Fsp3) is 0.174. The molecule has 0 fully saturated rings. The molecule has 2 heterocycles. The van der Waals surface area contributed by atoms with E-state index >= 15 is 8.78 Å². The van der Waals surface area contributed by atoms with Crippen molar-refractivity contribution in [2.24, 2.45) is 0 Å². The zero-order valence-electron chi connectivity index (χ0n) is 18.8. The molecule has 0 aliphatic rings. The molecule has 0 saturated carbocycles. The van der Waals surface area contributed by atoms with Gasteiger partial charge in [-0.2, -0.15) is 17.6 Å². The molecule has 0 aliphatic heterocycles. The normalized spacial score (nSPS) is 13.7. The quantitative estimate of drug-likeness (QED) is 0.309. The average Bonchev–Trinajstić information content (AvgIpc) is 3.37. The van der Waals surface area contributed by atoms with Crippen molar-refractivity contribution < 1.29 is 46.1 Å². The Morgan fingerprint density at radius 3 is 2.21 bits per heavy atom. The van der Waals surface area contributed by atoms with Crippen LogP contribution in [0.25, 0.3) is 11.1 Å². The van der Waals surface area contributed by atoms with Gasteiger partial charge in [-0.3, -0.25) is 4.98 Å². The Morgan fingerprint density at radius 1 is 0.974 bits per heavy atom. The summed E-state index contributed by atoms with van der Waals surface area (Å²) in [4.78, 5) is 14.2. The number of benzene rings is 2. The molecule has 4 aromatic rings. The highest BCUT2D eigenvalue weighted by Gasteiger charge is 2.58. The molecule has 15 heteroatoms. The predicted molar refractivity (Wildman–Crippen MR) is 115 cm³/mol. The summed E-state index contributed by atoms with van der Waals surface area (Å²) in [5, 5.41) is 29.6. The highest BCUT2D eigenvalue weighted by atomic mass is 19.3. The highest BCUT2D eigenvalue weighted by Crippen LogP contribution is 2.46.